The van der Waals surface area contributed by atoms with Crippen molar-refractivity contribution in [2.75, 3.05) is 11.9 Å². The molecule has 0 bridgehead atoms. The number of hydrogen-bond acceptors (Lipinski definition) is 4. The zero-order valence-corrected chi connectivity index (χ0v) is 16.2. The number of rotatable bonds is 7. The number of sulfonamides is 1. The van der Waals surface area contributed by atoms with Gasteiger partial charge in [-0.15, -0.1) is 0 Å². The largest absolute Gasteiger partial charge is 0.321 e. The number of nitrogens with one attached hydrogen (secondary N) is 3. The fraction of sp³-hybridized carbons (Fsp3) is 0.200. The first-order chi connectivity index (χ1) is 13.9. The van der Waals surface area contributed by atoms with Crippen LogP contribution in [0, 0.1) is 11.7 Å². The summed E-state index contributed by atoms with van der Waals surface area (Å²) in [7, 11) is -3.55. The van der Waals surface area contributed by atoms with E-state index in [-0.39, 0.29) is 16.4 Å². The fourth-order valence-electron chi connectivity index (χ4n) is 2.76. The van der Waals surface area contributed by atoms with Gasteiger partial charge in [0.2, 0.25) is 10.0 Å². The molecule has 29 heavy (non-hydrogen) atoms. The topological polar surface area (TPSA) is 104 Å². The summed E-state index contributed by atoms with van der Waals surface area (Å²) in [4.78, 5) is 12.6. The molecule has 1 fully saturated rings. The number of nitrogens with zero attached hydrogens (tertiary/aromatic N) is 1. The van der Waals surface area contributed by atoms with Crippen molar-refractivity contribution in [3.63, 3.8) is 0 Å². The van der Waals surface area contributed by atoms with Crippen LogP contribution in [0.4, 0.5) is 10.1 Å². The van der Waals surface area contributed by atoms with Gasteiger partial charge in [-0.3, -0.25) is 9.89 Å². The van der Waals surface area contributed by atoms with Crippen LogP contribution in [0.5, 0.6) is 0 Å². The highest BCUT2D eigenvalue weighted by atomic mass is 32.2. The minimum Gasteiger partial charge on any atom is -0.321 e. The Morgan fingerprint density at radius 1 is 1.10 bits per heavy atom. The third-order valence-corrected chi connectivity index (χ3v) is 6.08. The molecule has 1 aromatic heterocycles. The Hall–Kier alpha value is -3.04. The van der Waals surface area contributed by atoms with Gasteiger partial charge in [0.15, 0.2) is 0 Å². The van der Waals surface area contributed by atoms with Crippen LogP contribution in [0.1, 0.15) is 23.3 Å². The van der Waals surface area contributed by atoms with E-state index in [0.717, 1.165) is 12.8 Å². The molecular weight excluding hydrogens is 395 g/mol. The Morgan fingerprint density at radius 2 is 1.79 bits per heavy atom. The van der Waals surface area contributed by atoms with Gasteiger partial charge in [-0.2, -0.15) is 5.10 Å². The monoisotopic (exact) mass is 414 g/mol. The molecule has 1 amide bonds. The van der Waals surface area contributed by atoms with Crippen molar-refractivity contribution in [2.45, 2.75) is 17.7 Å². The number of hydrogen-bond donors (Lipinski definition) is 3. The summed E-state index contributed by atoms with van der Waals surface area (Å²) in [5.41, 5.74) is 1.87. The minimum atomic E-state index is -3.55. The van der Waals surface area contributed by atoms with Crippen LogP contribution in [0.25, 0.3) is 11.3 Å². The third-order valence-electron chi connectivity index (χ3n) is 4.64. The number of anilines is 1. The van der Waals surface area contributed by atoms with E-state index in [9.17, 15) is 17.6 Å². The molecule has 0 unspecified atom stereocenters. The lowest BCUT2D eigenvalue weighted by molar-refractivity contribution is 0.102. The molecule has 0 aliphatic heterocycles. The molecule has 4 rings (SSSR count). The van der Waals surface area contributed by atoms with Crippen molar-refractivity contribution in [1.29, 1.82) is 0 Å². The van der Waals surface area contributed by atoms with Gasteiger partial charge in [0.1, 0.15) is 11.5 Å². The number of H-pyrrole nitrogens is 1. The van der Waals surface area contributed by atoms with Crippen molar-refractivity contribution >= 4 is 21.6 Å². The number of carbonyl (C=O) groups excluding carboxylic acids is 1. The maximum Gasteiger partial charge on any atom is 0.273 e. The van der Waals surface area contributed by atoms with Crippen LogP contribution in [-0.2, 0) is 10.0 Å². The Morgan fingerprint density at radius 3 is 2.45 bits per heavy atom. The lowest BCUT2D eigenvalue weighted by Crippen LogP contribution is -2.25. The molecular formula is C20H19FN4O3S. The number of carbonyl (C=O) groups is 1. The molecule has 0 radical (unpaired) electrons. The van der Waals surface area contributed by atoms with E-state index in [1.54, 1.807) is 18.2 Å². The maximum absolute atomic E-state index is 13.0. The van der Waals surface area contributed by atoms with Gasteiger partial charge < -0.3 is 5.32 Å². The zero-order chi connectivity index (χ0) is 20.4. The second-order valence-corrected chi connectivity index (χ2v) is 8.71. The first-order valence-electron chi connectivity index (χ1n) is 9.13. The average Bonchev–Trinajstić information content (AvgIpc) is 3.42. The van der Waals surface area contributed by atoms with Crippen molar-refractivity contribution < 1.29 is 17.6 Å². The van der Waals surface area contributed by atoms with Crippen LogP contribution < -0.4 is 10.0 Å². The SMILES string of the molecule is O=C(Nc1ccc(S(=O)(=O)NCC2CC2)cc1)c1cc(-c2ccc(F)cc2)n[nH]1. The minimum absolute atomic E-state index is 0.149. The predicted octanol–water partition coefficient (Wildman–Crippen LogP) is 3.16. The van der Waals surface area contributed by atoms with E-state index in [1.165, 1.54) is 36.4 Å². The lowest BCUT2D eigenvalue weighted by atomic mass is 10.1. The van der Waals surface area contributed by atoms with Crippen molar-refractivity contribution in [3.8, 4) is 11.3 Å². The summed E-state index contributed by atoms with van der Waals surface area (Å²) >= 11 is 0. The van der Waals surface area contributed by atoms with E-state index < -0.39 is 15.9 Å². The highest BCUT2D eigenvalue weighted by Gasteiger charge is 2.24. The summed E-state index contributed by atoms with van der Waals surface area (Å²) < 4.78 is 40.1. The molecule has 3 aromatic rings. The molecule has 0 saturated heterocycles. The van der Waals surface area contributed by atoms with Crippen molar-refractivity contribution in [2.24, 2.45) is 5.92 Å². The number of benzene rings is 2. The molecule has 0 atom stereocenters. The van der Waals surface area contributed by atoms with Crippen molar-refractivity contribution in [1.82, 2.24) is 14.9 Å². The fourth-order valence-corrected chi connectivity index (χ4v) is 3.87. The van der Waals surface area contributed by atoms with E-state index in [2.05, 4.69) is 20.2 Å². The van der Waals surface area contributed by atoms with Crippen LogP contribution in [0.15, 0.2) is 59.5 Å². The Labute approximate surface area is 167 Å². The Bertz CT molecular complexity index is 1120. The van der Waals surface area contributed by atoms with Crippen LogP contribution in [0.3, 0.4) is 0 Å². The third kappa shape index (κ3) is 4.69. The zero-order valence-electron chi connectivity index (χ0n) is 15.4. The van der Waals surface area contributed by atoms with E-state index in [0.29, 0.717) is 29.4 Å². The first kappa shape index (κ1) is 19.3. The van der Waals surface area contributed by atoms with Gasteiger partial charge in [0.25, 0.3) is 5.91 Å². The van der Waals surface area contributed by atoms with Crippen LogP contribution in [-0.4, -0.2) is 31.1 Å². The summed E-state index contributed by atoms with van der Waals surface area (Å²) in [5.74, 6) is -0.332. The lowest BCUT2D eigenvalue weighted by Gasteiger charge is -2.08. The second-order valence-electron chi connectivity index (χ2n) is 6.95. The number of aromatic amines is 1. The first-order valence-corrected chi connectivity index (χ1v) is 10.6. The standard InChI is InChI=1S/C20H19FN4O3S/c21-15-5-3-14(4-6-15)18-11-19(25-24-18)20(26)23-16-7-9-17(10-8-16)29(27,28)22-12-13-1-2-13/h3-11,13,22H,1-2,12H2,(H,23,26)(H,24,25). The predicted molar refractivity (Wildman–Crippen MR) is 106 cm³/mol. The smallest absolute Gasteiger partial charge is 0.273 e. The van der Waals surface area contributed by atoms with Gasteiger partial charge in [0, 0.05) is 17.8 Å². The van der Waals surface area contributed by atoms with Crippen LogP contribution >= 0.6 is 0 Å². The molecule has 7 nitrogen and oxygen atoms in total. The van der Waals surface area contributed by atoms with Gasteiger partial charge in [-0.1, -0.05) is 0 Å². The number of amides is 1. The number of aromatic nitrogens is 2. The average molecular weight is 414 g/mol. The molecule has 1 aliphatic rings. The molecule has 9 heteroatoms. The molecule has 3 N–H and O–H groups in total. The molecule has 2 aromatic carbocycles. The highest BCUT2D eigenvalue weighted by Crippen LogP contribution is 2.28. The Kier molecular flexibility index (Phi) is 5.16. The molecule has 1 saturated carbocycles. The normalized spacial score (nSPS) is 14.0. The molecule has 1 heterocycles. The number of halogens is 1. The second kappa shape index (κ2) is 7.76. The van der Waals surface area contributed by atoms with E-state index in [4.69, 9.17) is 0 Å². The molecule has 0 spiro atoms. The summed E-state index contributed by atoms with van der Waals surface area (Å²) in [6.45, 7) is 0.455. The van der Waals surface area contributed by atoms with Gasteiger partial charge in [-0.05, 0) is 73.4 Å². The van der Waals surface area contributed by atoms with E-state index >= 15 is 0 Å². The summed E-state index contributed by atoms with van der Waals surface area (Å²) in [6.07, 6.45) is 2.12. The Balaban J connectivity index is 1.41. The van der Waals surface area contributed by atoms with Gasteiger partial charge in [-0.25, -0.2) is 17.5 Å². The summed E-state index contributed by atoms with van der Waals surface area (Å²) in [5, 5.41) is 9.40. The maximum atomic E-state index is 13.0. The van der Waals surface area contributed by atoms with Gasteiger partial charge in [0.05, 0.1) is 10.6 Å². The molecule has 1 aliphatic carbocycles. The van der Waals surface area contributed by atoms with Gasteiger partial charge >= 0.3 is 0 Å². The quantitative estimate of drug-likeness (QED) is 0.552. The summed E-state index contributed by atoms with van der Waals surface area (Å²) in [6, 6.07) is 13.3. The highest BCUT2D eigenvalue weighted by molar-refractivity contribution is 7.89. The van der Waals surface area contributed by atoms with Crippen LogP contribution in [0.2, 0.25) is 0 Å². The van der Waals surface area contributed by atoms with E-state index in [1.807, 2.05) is 0 Å². The van der Waals surface area contributed by atoms with Crippen molar-refractivity contribution in [3.05, 3.63) is 66.1 Å². The molecule has 150 valence electrons.